The molecule has 0 amide bonds. The predicted octanol–water partition coefficient (Wildman–Crippen LogP) is 4.47. The molecule has 112 valence electrons. The summed E-state index contributed by atoms with van der Waals surface area (Å²) >= 11 is 6.16. The van der Waals surface area contributed by atoms with Gasteiger partial charge in [-0.2, -0.15) is 0 Å². The summed E-state index contributed by atoms with van der Waals surface area (Å²) in [5.74, 6) is -0.259. The highest BCUT2D eigenvalue weighted by molar-refractivity contribution is 6.31. The number of nitrogens with zero attached hydrogens (tertiary/aromatic N) is 1. The molecule has 0 aliphatic carbocycles. The van der Waals surface area contributed by atoms with Gasteiger partial charge in [0.25, 0.3) is 0 Å². The number of anilines is 1. The number of hydrogen-bond donors (Lipinski definition) is 1. The van der Waals surface area contributed by atoms with E-state index in [0.717, 1.165) is 36.3 Å². The van der Waals surface area contributed by atoms with Crippen molar-refractivity contribution in [2.24, 2.45) is 0 Å². The SMILES string of the molecule is CCCN(Cc1ccccc1N)Cc1cc(F)ccc1Cl. The van der Waals surface area contributed by atoms with Crippen LogP contribution < -0.4 is 5.73 Å². The molecular weight excluding hydrogens is 287 g/mol. The Hall–Kier alpha value is -1.58. The van der Waals surface area contributed by atoms with Crippen LogP contribution >= 0.6 is 11.6 Å². The van der Waals surface area contributed by atoms with Crippen LogP contribution in [0.25, 0.3) is 0 Å². The minimum atomic E-state index is -0.259. The lowest BCUT2D eigenvalue weighted by molar-refractivity contribution is 0.257. The number of halogens is 2. The van der Waals surface area contributed by atoms with E-state index in [4.69, 9.17) is 17.3 Å². The van der Waals surface area contributed by atoms with Crippen LogP contribution in [0.2, 0.25) is 5.02 Å². The minimum Gasteiger partial charge on any atom is -0.398 e. The standard InChI is InChI=1S/C17H20ClFN2/c1-2-9-21(11-13-5-3-4-6-17(13)20)12-14-10-15(19)7-8-16(14)18/h3-8,10H,2,9,11-12,20H2,1H3. The van der Waals surface area contributed by atoms with Gasteiger partial charge in [0.05, 0.1) is 0 Å². The van der Waals surface area contributed by atoms with Crippen LogP contribution in [0.1, 0.15) is 24.5 Å². The van der Waals surface area contributed by atoms with E-state index < -0.39 is 0 Å². The summed E-state index contributed by atoms with van der Waals surface area (Å²) in [7, 11) is 0. The van der Waals surface area contributed by atoms with Crippen LogP contribution in [-0.2, 0) is 13.1 Å². The van der Waals surface area contributed by atoms with E-state index in [-0.39, 0.29) is 5.82 Å². The van der Waals surface area contributed by atoms with Gasteiger partial charge in [0.15, 0.2) is 0 Å². The molecule has 0 fully saturated rings. The fraction of sp³-hybridized carbons (Fsp3) is 0.294. The highest BCUT2D eigenvalue weighted by atomic mass is 35.5. The second kappa shape index (κ2) is 7.43. The summed E-state index contributed by atoms with van der Waals surface area (Å²) in [5, 5.41) is 0.596. The van der Waals surface area contributed by atoms with Gasteiger partial charge in [0, 0.05) is 23.8 Å². The van der Waals surface area contributed by atoms with Crippen LogP contribution in [0.15, 0.2) is 42.5 Å². The third kappa shape index (κ3) is 4.45. The average Bonchev–Trinajstić information content (AvgIpc) is 2.45. The van der Waals surface area contributed by atoms with Gasteiger partial charge in [0.2, 0.25) is 0 Å². The van der Waals surface area contributed by atoms with Gasteiger partial charge < -0.3 is 5.73 Å². The molecule has 2 rings (SSSR count). The first-order valence-electron chi connectivity index (χ1n) is 7.09. The lowest BCUT2D eigenvalue weighted by atomic mass is 10.1. The largest absolute Gasteiger partial charge is 0.398 e. The first-order valence-corrected chi connectivity index (χ1v) is 7.47. The molecule has 2 N–H and O–H groups in total. The van der Waals surface area contributed by atoms with Gasteiger partial charge in [0.1, 0.15) is 5.82 Å². The smallest absolute Gasteiger partial charge is 0.123 e. The molecule has 0 saturated heterocycles. The van der Waals surface area contributed by atoms with Crippen LogP contribution in [0.3, 0.4) is 0 Å². The molecule has 0 atom stereocenters. The van der Waals surface area contributed by atoms with E-state index in [1.54, 1.807) is 6.07 Å². The van der Waals surface area contributed by atoms with Crippen LogP contribution in [-0.4, -0.2) is 11.4 Å². The molecule has 0 saturated carbocycles. The van der Waals surface area contributed by atoms with Crippen molar-refractivity contribution in [3.63, 3.8) is 0 Å². The Morgan fingerprint density at radius 2 is 1.81 bits per heavy atom. The first kappa shape index (κ1) is 15.8. The zero-order valence-corrected chi connectivity index (χ0v) is 12.9. The molecule has 2 nitrogen and oxygen atoms in total. The number of nitrogen functional groups attached to an aromatic ring is 1. The second-order valence-corrected chi connectivity index (χ2v) is 5.55. The molecule has 0 aliphatic rings. The highest BCUT2D eigenvalue weighted by Gasteiger charge is 2.11. The van der Waals surface area contributed by atoms with Crippen molar-refractivity contribution >= 4 is 17.3 Å². The molecule has 21 heavy (non-hydrogen) atoms. The molecule has 0 aromatic heterocycles. The van der Waals surface area contributed by atoms with Crippen molar-refractivity contribution in [1.82, 2.24) is 4.90 Å². The van der Waals surface area contributed by atoms with E-state index in [1.165, 1.54) is 12.1 Å². The maximum Gasteiger partial charge on any atom is 0.123 e. The van der Waals surface area contributed by atoms with Crippen LogP contribution in [0.5, 0.6) is 0 Å². The van der Waals surface area contributed by atoms with E-state index in [1.807, 2.05) is 24.3 Å². The van der Waals surface area contributed by atoms with Gasteiger partial charge in [-0.05, 0) is 48.4 Å². The molecule has 0 heterocycles. The number of hydrogen-bond acceptors (Lipinski definition) is 2. The van der Waals surface area contributed by atoms with Gasteiger partial charge in [-0.3, -0.25) is 4.90 Å². The molecule has 0 radical (unpaired) electrons. The maximum atomic E-state index is 13.4. The van der Waals surface area contributed by atoms with Crippen LogP contribution in [0, 0.1) is 5.82 Å². The van der Waals surface area contributed by atoms with Crippen molar-refractivity contribution in [2.75, 3.05) is 12.3 Å². The van der Waals surface area contributed by atoms with Crippen molar-refractivity contribution in [1.29, 1.82) is 0 Å². The van der Waals surface area contributed by atoms with Gasteiger partial charge in [-0.25, -0.2) is 4.39 Å². The summed E-state index contributed by atoms with van der Waals surface area (Å²) in [6.45, 7) is 4.36. The number of para-hydroxylation sites is 1. The first-order chi connectivity index (χ1) is 10.1. The minimum absolute atomic E-state index is 0.259. The zero-order valence-electron chi connectivity index (χ0n) is 12.2. The Labute approximate surface area is 130 Å². The second-order valence-electron chi connectivity index (χ2n) is 5.15. The predicted molar refractivity (Wildman–Crippen MR) is 86.7 cm³/mol. The summed E-state index contributed by atoms with van der Waals surface area (Å²) in [4.78, 5) is 2.23. The molecule has 0 aliphatic heterocycles. The fourth-order valence-corrected chi connectivity index (χ4v) is 2.53. The molecule has 2 aromatic rings. The lowest BCUT2D eigenvalue weighted by Crippen LogP contribution is -2.24. The summed E-state index contributed by atoms with van der Waals surface area (Å²) in [6, 6.07) is 12.3. The molecule has 0 spiro atoms. The van der Waals surface area contributed by atoms with Crippen LogP contribution in [0.4, 0.5) is 10.1 Å². The molecule has 0 bridgehead atoms. The molecule has 0 unspecified atom stereocenters. The summed E-state index contributed by atoms with van der Waals surface area (Å²) in [6.07, 6.45) is 1.01. The van der Waals surface area contributed by atoms with Crippen molar-refractivity contribution < 1.29 is 4.39 Å². The Kier molecular flexibility index (Phi) is 5.59. The normalized spacial score (nSPS) is 11.0. The van der Waals surface area contributed by atoms with Gasteiger partial charge >= 0.3 is 0 Å². The third-order valence-corrected chi connectivity index (χ3v) is 3.76. The number of benzene rings is 2. The summed E-state index contributed by atoms with van der Waals surface area (Å²) < 4.78 is 13.4. The average molecular weight is 307 g/mol. The maximum absolute atomic E-state index is 13.4. The zero-order chi connectivity index (χ0) is 15.2. The number of nitrogens with two attached hydrogens (primary N) is 1. The van der Waals surface area contributed by atoms with E-state index in [2.05, 4.69) is 11.8 Å². The lowest BCUT2D eigenvalue weighted by Gasteiger charge is -2.23. The molecule has 2 aromatic carbocycles. The molecule has 4 heteroatoms. The Morgan fingerprint density at radius 1 is 1.10 bits per heavy atom. The van der Waals surface area contributed by atoms with Crippen molar-refractivity contribution in [2.45, 2.75) is 26.4 Å². The van der Waals surface area contributed by atoms with E-state index >= 15 is 0 Å². The van der Waals surface area contributed by atoms with Gasteiger partial charge in [-0.15, -0.1) is 0 Å². The highest BCUT2D eigenvalue weighted by Crippen LogP contribution is 2.21. The van der Waals surface area contributed by atoms with E-state index in [9.17, 15) is 4.39 Å². The number of rotatable bonds is 6. The monoisotopic (exact) mass is 306 g/mol. The quantitative estimate of drug-likeness (QED) is 0.798. The Balaban J connectivity index is 2.16. The topological polar surface area (TPSA) is 29.3 Å². The third-order valence-electron chi connectivity index (χ3n) is 3.39. The summed E-state index contributed by atoms with van der Waals surface area (Å²) in [5.41, 5.74) is 8.67. The van der Waals surface area contributed by atoms with Crippen molar-refractivity contribution in [3.05, 3.63) is 64.4 Å². The van der Waals surface area contributed by atoms with E-state index in [0.29, 0.717) is 11.6 Å². The van der Waals surface area contributed by atoms with Crippen molar-refractivity contribution in [3.8, 4) is 0 Å². The van der Waals surface area contributed by atoms with Gasteiger partial charge in [-0.1, -0.05) is 36.7 Å². The molecular formula is C17H20ClFN2. The Morgan fingerprint density at radius 3 is 2.52 bits per heavy atom. The Bertz CT molecular complexity index is 601. The fourth-order valence-electron chi connectivity index (χ4n) is 2.35.